The monoisotopic (exact) mass is 206 g/mol. The van der Waals surface area contributed by atoms with Gasteiger partial charge in [-0.1, -0.05) is 37.1 Å². The molecule has 0 aromatic heterocycles. The van der Waals surface area contributed by atoms with Crippen LogP contribution in [0.1, 0.15) is 40.0 Å². The standard InChI is InChI=1S/2CH2O3.5CH4.H2/c2*2-1-4-3;;;;;;/h2*1,3H;5*1H4;1H. The van der Waals surface area contributed by atoms with Gasteiger partial charge in [-0.25, -0.2) is 5.26 Å². The molecule has 0 unspecified atom stereocenters. The molecule has 0 saturated carbocycles. The molecule has 13 heavy (non-hydrogen) atoms. The minimum atomic E-state index is -0.181. The fourth-order valence-electron chi connectivity index (χ4n) is 0. The zero-order valence-electron chi connectivity index (χ0n) is 4.64. The van der Waals surface area contributed by atoms with Gasteiger partial charge in [0.05, 0.1) is 0 Å². The van der Waals surface area contributed by atoms with Crippen molar-refractivity contribution in [3.63, 3.8) is 0 Å². The number of hydrogen-bond donors (Lipinski definition) is 1. The van der Waals surface area contributed by atoms with Crippen molar-refractivity contribution in [3.05, 3.63) is 0 Å². The van der Waals surface area contributed by atoms with Crippen molar-refractivity contribution >= 4 is 12.9 Å². The van der Waals surface area contributed by atoms with E-state index in [1.165, 1.54) is 0 Å². The number of carbonyl (C=O) groups excluding carboxylic acids is 2. The molecule has 0 aromatic carbocycles. The predicted octanol–water partition coefficient (Wildman–Crippen LogP) is 1.61. The van der Waals surface area contributed by atoms with Crippen LogP contribution in [0.2, 0.25) is 0 Å². The van der Waals surface area contributed by atoms with Gasteiger partial charge in [-0.05, 0) is 0 Å². The molecule has 0 bridgehead atoms. The van der Waals surface area contributed by atoms with E-state index in [2.05, 4.69) is 9.78 Å². The highest BCUT2D eigenvalue weighted by Gasteiger charge is 1.47. The van der Waals surface area contributed by atoms with Crippen molar-refractivity contribution in [3.8, 4) is 0 Å². The van der Waals surface area contributed by atoms with Gasteiger partial charge in [-0.15, -0.1) is 0 Å². The highest BCUT2D eigenvalue weighted by atomic mass is 17.1. The molecule has 0 heterocycles. The zero-order valence-corrected chi connectivity index (χ0v) is 3.64. The second kappa shape index (κ2) is 129. The lowest BCUT2D eigenvalue weighted by Gasteiger charge is -1.88. The number of hydrogen-bond acceptors (Lipinski definition) is 6. The number of carbonyl (C=O) groups is 2. The Balaban J connectivity index is -0.00000000468. The van der Waals surface area contributed by atoms with Crippen LogP contribution in [0.5, 0.6) is 0 Å². The highest BCUT2D eigenvalue weighted by Crippen LogP contribution is 1.33. The van der Waals surface area contributed by atoms with Crippen LogP contribution in [0.25, 0.3) is 0 Å². The maximum absolute atomic E-state index is 8.70. The Hall–Kier alpha value is -1.14. The van der Waals surface area contributed by atoms with Crippen LogP contribution in [0, 0.1) is 0 Å². The quantitative estimate of drug-likeness (QED) is 0.419. The van der Waals surface area contributed by atoms with E-state index in [1.807, 2.05) is 0 Å². The van der Waals surface area contributed by atoms with Crippen LogP contribution in [-0.2, 0) is 19.4 Å². The molecule has 0 aliphatic carbocycles. The molecule has 0 saturated heterocycles. The molecule has 0 rings (SSSR count). The molecular formula is C7H26O6. The van der Waals surface area contributed by atoms with E-state index in [9.17, 15) is 0 Å². The predicted molar refractivity (Wildman–Crippen MR) is 53.8 cm³/mol. The molecule has 0 radical (unpaired) electrons. The molecular weight excluding hydrogens is 180 g/mol. The Morgan fingerprint density at radius 2 is 1.23 bits per heavy atom. The van der Waals surface area contributed by atoms with Crippen molar-refractivity contribution in [1.29, 1.82) is 0 Å². The van der Waals surface area contributed by atoms with Crippen LogP contribution < -0.4 is 5.26 Å². The van der Waals surface area contributed by atoms with Crippen molar-refractivity contribution < 1.29 is 32.7 Å². The maximum atomic E-state index is 8.70. The molecule has 90 valence electrons. The van der Waals surface area contributed by atoms with Crippen molar-refractivity contribution in [1.82, 2.24) is 0 Å². The van der Waals surface area contributed by atoms with Gasteiger partial charge in [-0.3, -0.25) is 9.59 Å². The molecule has 1 N–H and O–H groups in total. The third-order valence-electron chi connectivity index (χ3n) is 0.0823. The zero-order chi connectivity index (χ0) is 6.83. The van der Waals surface area contributed by atoms with Gasteiger partial charge >= 0.3 is 7.90 Å². The summed E-state index contributed by atoms with van der Waals surface area (Å²) in [5.41, 5.74) is 0. The van der Waals surface area contributed by atoms with Crippen LogP contribution in [0.4, 0.5) is 0 Å². The Labute approximate surface area is 83.9 Å². The van der Waals surface area contributed by atoms with Gasteiger partial charge in [0.25, 0.3) is 6.47 Å². The van der Waals surface area contributed by atoms with Crippen LogP contribution in [-0.4, -0.2) is 18.2 Å². The summed E-state index contributed by atoms with van der Waals surface area (Å²) in [7, 11) is 0. The lowest BCUT2D eigenvalue weighted by molar-refractivity contribution is -0.652. The lowest BCUT2D eigenvalue weighted by Crippen LogP contribution is -2.00. The van der Waals surface area contributed by atoms with Crippen molar-refractivity contribution in [2.24, 2.45) is 0 Å². The lowest BCUT2D eigenvalue weighted by atomic mass is 11.7. The van der Waals surface area contributed by atoms with Gasteiger partial charge in [0.15, 0.2) is 0 Å². The Bertz CT molecular complexity index is 57.4. The summed E-state index contributed by atoms with van der Waals surface area (Å²) in [6.45, 7) is -0.250. The van der Waals surface area contributed by atoms with E-state index in [0.29, 0.717) is 0 Å². The third kappa shape index (κ3) is 1150. The summed E-state index contributed by atoms with van der Waals surface area (Å²) in [5.74, 6) is 0. The third-order valence-corrected chi connectivity index (χ3v) is 0.0823. The van der Waals surface area contributed by atoms with Crippen molar-refractivity contribution in [2.75, 3.05) is 0 Å². The SMILES string of the molecule is C.C.C.C.C.O=COO.O=CO[O-].[H+].[HH]. The second-order valence-corrected chi connectivity index (χ2v) is 0.394. The normalized spacial score (nSPS) is 3.23. The summed E-state index contributed by atoms with van der Waals surface area (Å²) in [6.07, 6.45) is 0. The van der Waals surface area contributed by atoms with Gasteiger partial charge in [-0.2, -0.15) is 0 Å². The van der Waals surface area contributed by atoms with E-state index in [4.69, 9.17) is 20.1 Å². The van der Waals surface area contributed by atoms with Crippen LogP contribution in [0.3, 0.4) is 0 Å². The molecule has 0 aliphatic heterocycles. The maximum Gasteiger partial charge on any atom is 1.00 e. The fourth-order valence-corrected chi connectivity index (χ4v) is 0. The molecule has 0 fully saturated rings. The molecule has 0 aliphatic rings. The summed E-state index contributed by atoms with van der Waals surface area (Å²) < 4.78 is 0. The number of rotatable bonds is 2. The highest BCUT2D eigenvalue weighted by molar-refractivity contribution is 5.35. The fraction of sp³-hybridized carbons (Fsp3) is 0.714. The van der Waals surface area contributed by atoms with Gasteiger partial charge in [0.1, 0.15) is 0 Å². The summed E-state index contributed by atoms with van der Waals surface area (Å²) in [4.78, 5) is 22.8. The summed E-state index contributed by atoms with van der Waals surface area (Å²) in [6, 6.07) is 0. The smallest absolute Gasteiger partial charge is 0.662 e. The Morgan fingerprint density at radius 3 is 1.23 bits per heavy atom. The van der Waals surface area contributed by atoms with Gasteiger partial charge in [0, 0.05) is 1.43 Å². The van der Waals surface area contributed by atoms with Crippen molar-refractivity contribution in [2.45, 2.75) is 37.1 Å². The van der Waals surface area contributed by atoms with E-state index in [0.717, 1.165) is 0 Å². The first-order valence-corrected chi connectivity index (χ1v) is 1.29. The van der Waals surface area contributed by atoms with E-state index >= 15 is 0 Å². The summed E-state index contributed by atoms with van der Waals surface area (Å²) in [5, 5.41) is 15.4. The van der Waals surface area contributed by atoms with E-state index in [-0.39, 0.29) is 52.9 Å². The average Bonchev–Trinajstić information content (AvgIpc) is 1.88. The van der Waals surface area contributed by atoms with Crippen LogP contribution >= 0.6 is 0 Å². The Kier molecular flexibility index (Phi) is 588. The minimum absolute atomic E-state index is 0. The van der Waals surface area contributed by atoms with Gasteiger partial charge in [0.2, 0.25) is 0 Å². The van der Waals surface area contributed by atoms with Gasteiger partial charge < -0.3 is 15.0 Å². The molecule has 6 nitrogen and oxygen atoms in total. The molecule has 0 amide bonds. The molecule has 0 atom stereocenters. The molecule has 0 spiro atoms. The largest absolute Gasteiger partial charge is 1.00 e. The van der Waals surface area contributed by atoms with Crippen LogP contribution in [0.15, 0.2) is 0 Å². The average molecular weight is 206 g/mol. The topological polar surface area (TPSA) is 95.9 Å². The Morgan fingerprint density at radius 1 is 1.08 bits per heavy atom. The first-order chi connectivity index (χ1) is 3.83. The van der Waals surface area contributed by atoms with E-state index < -0.39 is 0 Å². The minimum Gasteiger partial charge on any atom is -0.662 e. The molecule has 6 heteroatoms. The first kappa shape index (κ1) is 59.2. The second-order valence-electron chi connectivity index (χ2n) is 0.394. The summed E-state index contributed by atoms with van der Waals surface area (Å²) >= 11 is 0. The molecule has 0 aromatic rings. The van der Waals surface area contributed by atoms with E-state index in [1.54, 1.807) is 0 Å². The first-order valence-electron chi connectivity index (χ1n) is 1.29.